The van der Waals surface area contributed by atoms with E-state index in [0.29, 0.717) is 21.6 Å². The van der Waals surface area contributed by atoms with Crippen molar-refractivity contribution in [1.82, 2.24) is 15.2 Å². The zero-order chi connectivity index (χ0) is 18.1. The SMILES string of the molecule is Cc1ccc(NC(=O)c2nnc(/C(Cl)=C\c3csc(C4CC4)n3)s2)cc1. The summed E-state index contributed by atoms with van der Waals surface area (Å²) >= 11 is 9.16. The van der Waals surface area contributed by atoms with Gasteiger partial charge in [0.25, 0.3) is 5.91 Å². The number of aromatic nitrogens is 3. The van der Waals surface area contributed by atoms with Crippen LogP contribution in [0.4, 0.5) is 5.69 Å². The molecule has 2 heterocycles. The third-order valence-electron chi connectivity index (χ3n) is 3.87. The van der Waals surface area contributed by atoms with Crippen LogP contribution in [0.1, 0.15) is 49.8 Å². The monoisotopic (exact) mass is 402 g/mol. The van der Waals surface area contributed by atoms with E-state index in [1.807, 2.05) is 36.6 Å². The molecule has 26 heavy (non-hydrogen) atoms. The minimum atomic E-state index is -0.299. The number of nitrogens with zero attached hydrogens (tertiary/aromatic N) is 3. The highest BCUT2D eigenvalue weighted by Gasteiger charge is 2.26. The van der Waals surface area contributed by atoms with Crippen molar-refractivity contribution in [3.63, 3.8) is 0 Å². The highest BCUT2D eigenvalue weighted by atomic mass is 35.5. The Morgan fingerprint density at radius 3 is 2.69 bits per heavy atom. The van der Waals surface area contributed by atoms with Gasteiger partial charge in [-0.3, -0.25) is 4.79 Å². The van der Waals surface area contributed by atoms with Crippen molar-refractivity contribution in [3.8, 4) is 0 Å². The van der Waals surface area contributed by atoms with E-state index in [1.165, 1.54) is 12.8 Å². The second kappa shape index (κ2) is 7.26. The van der Waals surface area contributed by atoms with Gasteiger partial charge in [0, 0.05) is 17.0 Å². The lowest BCUT2D eigenvalue weighted by Crippen LogP contribution is -2.11. The van der Waals surface area contributed by atoms with Crippen LogP contribution in [-0.2, 0) is 0 Å². The Balaban J connectivity index is 1.46. The lowest BCUT2D eigenvalue weighted by molar-refractivity contribution is 0.102. The predicted octanol–water partition coefficient (Wildman–Crippen LogP) is 5.17. The zero-order valence-corrected chi connectivity index (χ0v) is 16.3. The maximum atomic E-state index is 12.3. The molecule has 0 unspecified atom stereocenters. The van der Waals surface area contributed by atoms with Crippen LogP contribution in [-0.4, -0.2) is 21.1 Å². The van der Waals surface area contributed by atoms with Gasteiger partial charge in [-0.1, -0.05) is 40.6 Å². The number of hydrogen-bond acceptors (Lipinski definition) is 6. The maximum absolute atomic E-state index is 12.3. The summed E-state index contributed by atoms with van der Waals surface area (Å²) in [7, 11) is 0. The third-order valence-corrected chi connectivity index (χ3v) is 6.25. The summed E-state index contributed by atoms with van der Waals surface area (Å²) in [6.07, 6.45) is 4.21. The van der Waals surface area contributed by atoms with Crippen molar-refractivity contribution in [1.29, 1.82) is 0 Å². The molecule has 1 aliphatic rings. The van der Waals surface area contributed by atoms with E-state index in [0.717, 1.165) is 27.6 Å². The summed E-state index contributed by atoms with van der Waals surface area (Å²) in [5.74, 6) is 0.325. The number of hydrogen-bond donors (Lipinski definition) is 1. The van der Waals surface area contributed by atoms with Crippen molar-refractivity contribution in [3.05, 3.63) is 55.9 Å². The van der Waals surface area contributed by atoms with Crippen LogP contribution in [0, 0.1) is 6.92 Å². The lowest BCUT2D eigenvalue weighted by Gasteiger charge is -2.02. The molecule has 0 radical (unpaired) electrons. The van der Waals surface area contributed by atoms with Crippen LogP contribution < -0.4 is 5.32 Å². The van der Waals surface area contributed by atoms with Crippen molar-refractivity contribution in [2.75, 3.05) is 5.32 Å². The quantitative estimate of drug-likeness (QED) is 0.639. The Bertz CT molecular complexity index is 973. The molecule has 1 fully saturated rings. The summed E-state index contributed by atoms with van der Waals surface area (Å²) in [6.45, 7) is 1.99. The number of halogens is 1. The van der Waals surface area contributed by atoms with Crippen LogP contribution in [0.2, 0.25) is 0 Å². The molecule has 0 atom stereocenters. The molecule has 132 valence electrons. The fourth-order valence-corrected chi connectivity index (χ4v) is 4.17. The highest BCUT2D eigenvalue weighted by Crippen LogP contribution is 2.41. The van der Waals surface area contributed by atoms with Crippen LogP contribution in [0.3, 0.4) is 0 Å². The fraction of sp³-hybridized carbons (Fsp3) is 0.222. The number of carbonyl (C=O) groups excluding carboxylic acids is 1. The Kier molecular flexibility index (Phi) is 4.84. The molecule has 1 amide bonds. The van der Waals surface area contributed by atoms with Gasteiger partial charge in [-0.05, 0) is 38.0 Å². The van der Waals surface area contributed by atoms with Gasteiger partial charge in [-0.2, -0.15) is 0 Å². The van der Waals surface area contributed by atoms with Crippen LogP contribution >= 0.6 is 34.3 Å². The first-order valence-corrected chi connectivity index (χ1v) is 10.2. The molecule has 4 rings (SSSR count). The standard InChI is InChI=1S/C18H15ClN4OS2/c1-10-2-6-12(7-3-10)20-15(24)18-23-22-17(26-18)14(19)8-13-9-25-16(21-13)11-4-5-11/h2-3,6-9,11H,4-5H2,1H3,(H,20,24)/b14-8+. The second-order valence-corrected chi connectivity index (χ2v) is 8.38. The third kappa shape index (κ3) is 4.00. The van der Waals surface area contributed by atoms with Crippen molar-refractivity contribution in [2.24, 2.45) is 0 Å². The molecule has 1 aliphatic carbocycles. The Labute approximate surface area is 163 Å². The summed E-state index contributed by atoms with van der Waals surface area (Å²) in [5.41, 5.74) is 2.67. The van der Waals surface area contributed by atoms with E-state index in [-0.39, 0.29) is 10.9 Å². The lowest BCUT2D eigenvalue weighted by atomic mass is 10.2. The van der Waals surface area contributed by atoms with E-state index in [9.17, 15) is 4.79 Å². The molecule has 0 saturated heterocycles. The van der Waals surface area contributed by atoms with Crippen LogP contribution in [0.5, 0.6) is 0 Å². The van der Waals surface area contributed by atoms with Gasteiger partial charge < -0.3 is 5.32 Å². The van der Waals surface area contributed by atoms with Crippen molar-refractivity contribution in [2.45, 2.75) is 25.7 Å². The molecule has 0 spiro atoms. The molecule has 0 aliphatic heterocycles. The maximum Gasteiger partial charge on any atom is 0.286 e. The largest absolute Gasteiger partial charge is 0.320 e. The van der Waals surface area contributed by atoms with Gasteiger partial charge in [0.05, 0.1) is 15.7 Å². The molecule has 3 aromatic rings. The van der Waals surface area contributed by atoms with E-state index < -0.39 is 0 Å². The minimum Gasteiger partial charge on any atom is -0.320 e. The predicted molar refractivity (Wildman–Crippen MR) is 107 cm³/mol. The molecule has 1 saturated carbocycles. The topological polar surface area (TPSA) is 67.8 Å². The molecule has 2 aromatic heterocycles. The van der Waals surface area contributed by atoms with E-state index in [4.69, 9.17) is 11.6 Å². The first kappa shape index (κ1) is 17.3. The number of benzene rings is 1. The molecular formula is C18H15ClN4OS2. The summed E-state index contributed by atoms with van der Waals surface area (Å²) < 4.78 is 0. The summed E-state index contributed by atoms with van der Waals surface area (Å²) in [5, 5.41) is 15.1. The number of nitrogens with one attached hydrogen (secondary N) is 1. The molecular weight excluding hydrogens is 388 g/mol. The van der Waals surface area contributed by atoms with Gasteiger partial charge in [-0.15, -0.1) is 21.5 Å². The summed E-state index contributed by atoms with van der Waals surface area (Å²) in [6, 6.07) is 7.57. The van der Waals surface area contributed by atoms with E-state index >= 15 is 0 Å². The number of thiazole rings is 1. The number of anilines is 1. The molecule has 1 aromatic carbocycles. The average Bonchev–Trinajstić information content (AvgIpc) is 3.17. The number of rotatable bonds is 5. The Morgan fingerprint density at radius 2 is 1.96 bits per heavy atom. The van der Waals surface area contributed by atoms with E-state index in [1.54, 1.807) is 17.4 Å². The Hall–Kier alpha value is -2.09. The smallest absolute Gasteiger partial charge is 0.286 e. The van der Waals surface area contributed by atoms with E-state index in [2.05, 4.69) is 20.5 Å². The normalized spacial score (nSPS) is 14.5. The number of aryl methyl sites for hydroxylation is 1. The van der Waals surface area contributed by atoms with Gasteiger partial charge >= 0.3 is 0 Å². The zero-order valence-electron chi connectivity index (χ0n) is 13.9. The van der Waals surface area contributed by atoms with Gasteiger partial charge in [0.1, 0.15) is 0 Å². The van der Waals surface area contributed by atoms with Gasteiger partial charge in [0.15, 0.2) is 5.01 Å². The molecule has 1 N–H and O–H groups in total. The van der Waals surface area contributed by atoms with Crippen molar-refractivity contribution < 1.29 is 4.79 Å². The van der Waals surface area contributed by atoms with Crippen LogP contribution in [0.15, 0.2) is 29.6 Å². The van der Waals surface area contributed by atoms with Crippen molar-refractivity contribution >= 4 is 57.0 Å². The highest BCUT2D eigenvalue weighted by molar-refractivity contribution is 7.15. The molecule has 5 nitrogen and oxygen atoms in total. The first-order chi connectivity index (χ1) is 12.6. The number of carbonyl (C=O) groups is 1. The first-order valence-electron chi connectivity index (χ1n) is 8.13. The van der Waals surface area contributed by atoms with Crippen LogP contribution in [0.25, 0.3) is 11.1 Å². The minimum absolute atomic E-state index is 0.268. The number of amides is 1. The van der Waals surface area contributed by atoms with Gasteiger partial charge in [0.2, 0.25) is 5.01 Å². The molecule has 0 bridgehead atoms. The molecule has 8 heteroatoms. The second-order valence-electron chi connectivity index (χ2n) is 6.11. The van der Waals surface area contributed by atoms with Gasteiger partial charge in [-0.25, -0.2) is 4.98 Å². The average molecular weight is 403 g/mol. The fourth-order valence-electron chi connectivity index (χ4n) is 2.31. The Morgan fingerprint density at radius 1 is 1.23 bits per heavy atom. The summed E-state index contributed by atoms with van der Waals surface area (Å²) in [4.78, 5) is 16.9.